The predicted molar refractivity (Wildman–Crippen MR) is 64.1 cm³/mol. The highest BCUT2D eigenvalue weighted by Gasteiger charge is 2.29. The number of rotatable bonds is 5. The minimum Gasteiger partial charge on any atom is -0.493 e. The molecule has 1 heterocycles. The fourth-order valence-electron chi connectivity index (χ4n) is 1.87. The number of ether oxygens (including phenoxy) is 1. The lowest BCUT2D eigenvalue weighted by atomic mass is 10.1. The van der Waals surface area contributed by atoms with E-state index in [-0.39, 0.29) is 18.6 Å². The third-order valence-corrected chi connectivity index (χ3v) is 2.72. The van der Waals surface area contributed by atoms with Gasteiger partial charge >= 0.3 is 0 Å². The van der Waals surface area contributed by atoms with Gasteiger partial charge in [0.25, 0.3) is 0 Å². The molecule has 1 amide bonds. The molecule has 92 valence electrons. The van der Waals surface area contributed by atoms with Crippen molar-refractivity contribution in [3.05, 3.63) is 23.8 Å². The Bertz CT molecular complexity index is 420. The zero-order valence-corrected chi connectivity index (χ0v) is 9.69. The van der Waals surface area contributed by atoms with Gasteiger partial charge in [0.2, 0.25) is 5.91 Å². The Morgan fingerprint density at radius 3 is 3.06 bits per heavy atom. The summed E-state index contributed by atoms with van der Waals surface area (Å²) in [5, 5.41) is 14.4. The number of carbonyl (C=O) groups excluding carboxylic acids is 1. The summed E-state index contributed by atoms with van der Waals surface area (Å²) in [6, 6.07) is 5.24. The smallest absolute Gasteiger partial charge is 0.246 e. The molecule has 0 aromatic heterocycles. The van der Waals surface area contributed by atoms with Crippen LogP contribution in [0.15, 0.2) is 18.2 Å². The second kappa shape index (κ2) is 5.16. The summed E-state index contributed by atoms with van der Waals surface area (Å²) in [5.41, 5.74) is 1.72. The normalized spacial score (nSPS) is 17.8. The van der Waals surface area contributed by atoms with Gasteiger partial charge in [-0.3, -0.25) is 4.79 Å². The van der Waals surface area contributed by atoms with Gasteiger partial charge in [-0.15, -0.1) is 0 Å². The number of aliphatic hydroxyl groups is 1. The average molecular weight is 236 g/mol. The Hall–Kier alpha value is -1.59. The van der Waals surface area contributed by atoms with Crippen molar-refractivity contribution in [2.45, 2.75) is 12.5 Å². The SMILES string of the molecule is CNC1C(=O)Nc2cc(OCCCO)ccc21. The minimum atomic E-state index is -0.281. The van der Waals surface area contributed by atoms with Gasteiger partial charge in [-0.2, -0.15) is 0 Å². The van der Waals surface area contributed by atoms with E-state index in [0.717, 1.165) is 11.3 Å². The molecular weight excluding hydrogens is 220 g/mol. The Morgan fingerprint density at radius 1 is 1.53 bits per heavy atom. The molecule has 0 saturated carbocycles. The van der Waals surface area contributed by atoms with Crippen LogP contribution < -0.4 is 15.4 Å². The summed E-state index contributed by atoms with van der Waals surface area (Å²) in [6.45, 7) is 0.586. The molecule has 1 aliphatic rings. The number of hydrogen-bond donors (Lipinski definition) is 3. The molecule has 1 aliphatic heterocycles. The molecule has 1 unspecified atom stereocenters. The summed E-state index contributed by atoms with van der Waals surface area (Å²) in [6.07, 6.45) is 0.600. The van der Waals surface area contributed by atoms with Crippen molar-refractivity contribution in [3.63, 3.8) is 0 Å². The van der Waals surface area contributed by atoms with E-state index in [1.807, 2.05) is 18.2 Å². The molecule has 0 spiro atoms. The Labute approximate surface area is 99.8 Å². The van der Waals surface area contributed by atoms with Crippen LogP contribution in [0.5, 0.6) is 5.75 Å². The lowest BCUT2D eigenvalue weighted by molar-refractivity contribution is -0.117. The van der Waals surface area contributed by atoms with Gasteiger partial charge < -0.3 is 20.5 Å². The summed E-state index contributed by atoms with van der Waals surface area (Å²) in [4.78, 5) is 11.6. The van der Waals surface area contributed by atoms with Gasteiger partial charge in [-0.05, 0) is 13.1 Å². The van der Waals surface area contributed by atoms with Crippen LogP contribution in [0.2, 0.25) is 0 Å². The molecule has 2 rings (SSSR count). The van der Waals surface area contributed by atoms with Crippen LogP contribution in [0.1, 0.15) is 18.0 Å². The largest absolute Gasteiger partial charge is 0.493 e. The number of anilines is 1. The molecule has 0 radical (unpaired) electrons. The van der Waals surface area contributed by atoms with Crippen molar-refractivity contribution in [2.24, 2.45) is 0 Å². The van der Waals surface area contributed by atoms with Crippen LogP contribution >= 0.6 is 0 Å². The van der Waals surface area contributed by atoms with Crippen molar-refractivity contribution in [1.82, 2.24) is 5.32 Å². The van der Waals surface area contributed by atoms with Gasteiger partial charge in [-0.1, -0.05) is 6.07 Å². The molecule has 1 aromatic carbocycles. The Morgan fingerprint density at radius 2 is 2.35 bits per heavy atom. The first kappa shape index (κ1) is 11.9. The number of aliphatic hydroxyl groups excluding tert-OH is 1. The number of fused-ring (bicyclic) bond motifs is 1. The maximum absolute atomic E-state index is 11.6. The number of amides is 1. The number of hydrogen-bond acceptors (Lipinski definition) is 4. The predicted octanol–water partition coefficient (Wildman–Crippen LogP) is 0.660. The molecule has 1 aromatic rings. The molecule has 0 fully saturated rings. The van der Waals surface area contributed by atoms with Crippen LogP contribution in [-0.2, 0) is 4.79 Å². The van der Waals surface area contributed by atoms with Crippen LogP contribution in [-0.4, -0.2) is 31.3 Å². The molecule has 0 bridgehead atoms. The monoisotopic (exact) mass is 236 g/mol. The lowest BCUT2D eigenvalue weighted by Gasteiger charge is -2.08. The van der Waals surface area contributed by atoms with Crippen LogP contribution in [0.25, 0.3) is 0 Å². The molecule has 0 aliphatic carbocycles. The molecule has 0 saturated heterocycles. The van der Waals surface area contributed by atoms with Gasteiger partial charge in [-0.25, -0.2) is 0 Å². The van der Waals surface area contributed by atoms with Crippen molar-refractivity contribution < 1.29 is 14.6 Å². The highest BCUT2D eigenvalue weighted by molar-refractivity contribution is 6.02. The van der Waals surface area contributed by atoms with E-state index < -0.39 is 0 Å². The van der Waals surface area contributed by atoms with Crippen LogP contribution in [0.3, 0.4) is 0 Å². The first-order chi connectivity index (χ1) is 8.26. The number of nitrogens with one attached hydrogen (secondary N) is 2. The van der Waals surface area contributed by atoms with Crippen LogP contribution in [0.4, 0.5) is 5.69 Å². The maximum Gasteiger partial charge on any atom is 0.246 e. The van der Waals surface area contributed by atoms with E-state index in [1.165, 1.54) is 0 Å². The van der Waals surface area contributed by atoms with Crippen LogP contribution in [0, 0.1) is 0 Å². The Kier molecular flexibility index (Phi) is 3.61. The maximum atomic E-state index is 11.6. The van der Waals surface area contributed by atoms with E-state index >= 15 is 0 Å². The van der Waals surface area contributed by atoms with Crippen molar-refractivity contribution in [3.8, 4) is 5.75 Å². The first-order valence-electron chi connectivity index (χ1n) is 5.62. The standard InChI is InChI=1S/C12H16N2O3/c1-13-11-9-4-3-8(17-6-2-5-15)7-10(9)14-12(11)16/h3-4,7,11,13,15H,2,5-6H2,1H3,(H,14,16). The highest BCUT2D eigenvalue weighted by atomic mass is 16.5. The summed E-state index contributed by atoms with van der Waals surface area (Å²) in [7, 11) is 1.75. The molecule has 5 heteroatoms. The number of likely N-dealkylation sites (N-methyl/N-ethyl adjacent to an activating group) is 1. The zero-order chi connectivity index (χ0) is 12.3. The molecule has 3 N–H and O–H groups in total. The lowest BCUT2D eigenvalue weighted by Crippen LogP contribution is -2.23. The van der Waals surface area contributed by atoms with Gasteiger partial charge in [0.1, 0.15) is 11.8 Å². The number of carbonyl (C=O) groups is 1. The van der Waals surface area contributed by atoms with E-state index in [1.54, 1.807) is 7.05 Å². The van der Waals surface area contributed by atoms with E-state index in [2.05, 4.69) is 10.6 Å². The molecule has 5 nitrogen and oxygen atoms in total. The van der Waals surface area contributed by atoms with Crippen molar-refractivity contribution in [1.29, 1.82) is 0 Å². The third kappa shape index (κ3) is 2.40. The first-order valence-corrected chi connectivity index (χ1v) is 5.62. The van der Waals surface area contributed by atoms with E-state index in [0.29, 0.717) is 18.8 Å². The second-order valence-corrected chi connectivity index (χ2v) is 3.89. The molecule has 17 heavy (non-hydrogen) atoms. The average Bonchev–Trinajstić information content (AvgIpc) is 2.64. The van der Waals surface area contributed by atoms with Gasteiger partial charge in [0.05, 0.1) is 6.61 Å². The topological polar surface area (TPSA) is 70.6 Å². The Balaban J connectivity index is 2.11. The second-order valence-electron chi connectivity index (χ2n) is 3.89. The van der Waals surface area contributed by atoms with Crippen molar-refractivity contribution >= 4 is 11.6 Å². The number of benzene rings is 1. The van der Waals surface area contributed by atoms with Crippen molar-refractivity contribution in [2.75, 3.05) is 25.6 Å². The fourth-order valence-corrected chi connectivity index (χ4v) is 1.87. The van der Waals surface area contributed by atoms with E-state index in [9.17, 15) is 4.79 Å². The zero-order valence-electron chi connectivity index (χ0n) is 9.69. The summed E-state index contributed by atoms with van der Waals surface area (Å²) >= 11 is 0. The third-order valence-electron chi connectivity index (χ3n) is 2.72. The fraction of sp³-hybridized carbons (Fsp3) is 0.417. The summed E-state index contributed by atoms with van der Waals surface area (Å²) in [5.74, 6) is 0.657. The summed E-state index contributed by atoms with van der Waals surface area (Å²) < 4.78 is 5.44. The molecule has 1 atom stereocenters. The quantitative estimate of drug-likeness (QED) is 0.657. The minimum absolute atomic E-state index is 0.0463. The van der Waals surface area contributed by atoms with E-state index in [4.69, 9.17) is 9.84 Å². The molecular formula is C12H16N2O3. The highest BCUT2D eigenvalue weighted by Crippen LogP contribution is 2.33. The van der Waals surface area contributed by atoms with Gasteiger partial charge in [0, 0.05) is 30.3 Å². The van der Waals surface area contributed by atoms with Gasteiger partial charge in [0.15, 0.2) is 0 Å².